The Labute approximate surface area is 116 Å². The van der Waals surface area contributed by atoms with Crippen LogP contribution in [0.4, 0.5) is 5.95 Å². The summed E-state index contributed by atoms with van der Waals surface area (Å²) in [6, 6.07) is 0.594. The van der Waals surface area contributed by atoms with Crippen LogP contribution in [-0.4, -0.2) is 29.8 Å². The van der Waals surface area contributed by atoms with E-state index < -0.39 is 0 Å². The summed E-state index contributed by atoms with van der Waals surface area (Å²) >= 11 is 0. The van der Waals surface area contributed by atoms with Gasteiger partial charge in [0.2, 0.25) is 5.95 Å². The molecule has 108 valence electrons. The van der Waals surface area contributed by atoms with Crippen molar-refractivity contribution in [1.82, 2.24) is 9.55 Å². The third-order valence-corrected chi connectivity index (χ3v) is 4.51. The zero-order valence-corrected chi connectivity index (χ0v) is 12.6. The van der Waals surface area contributed by atoms with E-state index in [9.17, 15) is 0 Å². The Kier molecular flexibility index (Phi) is 4.86. The van der Waals surface area contributed by atoms with E-state index in [0.717, 1.165) is 30.0 Å². The van der Waals surface area contributed by atoms with E-state index in [4.69, 9.17) is 4.74 Å². The van der Waals surface area contributed by atoms with Gasteiger partial charge in [-0.25, -0.2) is 4.98 Å². The van der Waals surface area contributed by atoms with Crippen LogP contribution in [0.25, 0.3) is 0 Å². The fourth-order valence-corrected chi connectivity index (χ4v) is 3.36. The lowest BCUT2D eigenvalue weighted by Gasteiger charge is -2.23. The van der Waals surface area contributed by atoms with Crippen molar-refractivity contribution in [1.29, 1.82) is 0 Å². The molecule has 1 saturated carbocycles. The first-order valence-electron chi connectivity index (χ1n) is 7.45. The molecule has 0 radical (unpaired) electrons. The van der Waals surface area contributed by atoms with Crippen LogP contribution in [0.3, 0.4) is 0 Å². The van der Waals surface area contributed by atoms with Gasteiger partial charge in [0.15, 0.2) is 0 Å². The van der Waals surface area contributed by atoms with E-state index in [0.29, 0.717) is 12.6 Å². The summed E-state index contributed by atoms with van der Waals surface area (Å²) in [5, 5.41) is 3.39. The molecule has 0 spiro atoms. The maximum atomic E-state index is 5.09. The number of ether oxygens (including phenoxy) is 1. The second-order valence-electron chi connectivity index (χ2n) is 5.70. The lowest BCUT2D eigenvalue weighted by Crippen LogP contribution is -2.19. The number of aryl methyl sites for hydroxylation is 1. The highest BCUT2D eigenvalue weighted by Gasteiger charge is 2.33. The van der Waals surface area contributed by atoms with Gasteiger partial charge in [0.25, 0.3) is 0 Å². The first-order chi connectivity index (χ1) is 9.17. The Morgan fingerprint density at radius 2 is 2.26 bits per heavy atom. The molecular formula is C15H27N3O. The third kappa shape index (κ3) is 3.11. The van der Waals surface area contributed by atoms with E-state index in [2.05, 4.69) is 41.8 Å². The predicted molar refractivity (Wildman–Crippen MR) is 78.5 cm³/mol. The zero-order valence-electron chi connectivity index (χ0n) is 12.6. The van der Waals surface area contributed by atoms with Crippen LogP contribution in [0.5, 0.6) is 0 Å². The van der Waals surface area contributed by atoms with Gasteiger partial charge in [0, 0.05) is 25.9 Å². The maximum absolute atomic E-state index is 5.09. The molecule has 4 heteroatoms. The van der Waals surface area contributed by atoms with Crippen LogP contribution < -0.4 is 5.32 Å². The van der Waals surface area contributed by atoms with Crippen LogP contribution in [0.1, 0.15) is 44.8 Å². The molecule has 0 bridgehead atoms. The molecule has 3 unspecified atom stereocenters. The molecule has 19 heavy (non-hydrogen) atoms. The predicted octanol–water partition coefficient (Wildman–Crippen LogP) is 3.25. The average molecular weight is 265 g/mol. The fourth-order valence-electron chi connectivity index (χ4n) is 3.36. The number of methoxy groups -OCH3 is 1. The van der Waals surface area contributed by atoms with Gasteiger partial charge < -0.3 is 14.6 Å². The maximum Gasteiger partial charge on any atom is 0.203 e. The lowest BCUT2D eigenvalue weighted by atomic mass is 9.93. The van der Waals surface area contributed by atoms with Crippen molar-refractivity contribution in [2.75, 3.05) is 25.6 Å². The molecule has 1 aromatic heterocycles. The van der Waals surface area contributed by atoms with Gasteiger partial charge in [-0.15, -0.1) is 0 Å². The van der Waals surface area contributed by atoms with Crippen molar-refractivity contribution < 1.29 is 4.74 Å². The lowest BCUT2D eigenvalue weighted by molar-refractivity contribution is 0.210. The van der Waals surface area contributed by atoms with Gasteiger partial charge in [-0.2, -0.15) is 0 Å². The molecule has 1 aliphatic carbocycles. The minimum atomic E-state index is 0.594. The van der Waals surface area contributed by atoms with Gasteiger partial charge >= 0.3 is 0 Å². The molecule has 0 aliphatic heterocycles. The summed E-state index contributed by atoms with van der Waals surface area (Å²) < 4.78 is 7.44. The van der Waals surface area contributed by atoms with E-state index >= 15 is 0 Å². The minimum absolute atomic E-state index is 0.594. The van der Waals surface area contributed by atoms with E-state index in [1.807, 2.05) is 0 Å². The molecule has 1 heterocycles. The quantitative estimate of drug-likeness (QED) is 0.803. The van der Waals surface area contributed by atoms with E-state index in [-0.39, 0.29) is 0 Å². The van der Waals surface area contributed by atoms with E-state index in [1.165, 1.54) is 19.3 Å². The zero-order chi connectivity index (χ0) is 13.8. The Bertz CT molecular complexity index is 402. The smallest absolute Gasteiger partial charge is 0.203 e. The van der Waals surface area contributed by atoms with Gasteiger partial charge in [-0.1, -0.05) is 20.3 Å². The molecule has 3 atom stereocenters. The highest BCUT2D eigenvalue weighted by Crippen LogP contribution is 2.42. The number of nitrogens with one attached hydrogen (secondary N) is 1. The van der Waals surface area contributed by atoms with E-state index in [1.54, 1.807) is 7.11 Å². The summed E-state index contributed by atoms with van der Waals surface area (Å²) in [6.07, 6.45) is 6.09. The normalized spacial score (nSPS) is 26.8. The van der Waals surface area contributed by atoms with Crippen LogP contribution in [0.15, 0.2) is 6.20 Å². The van der Waals surface area contributed by atoms with Gasteiger partial charge in [-0.3, -0.25) is 0 Å². The number of rotatable bonds is 6. The molecule has 4 nitrogen and oxygen atoms in total. The summed E-state index contributed by atoms with van der Waals surface area (Å²) in [5.41, 5.74) is 1.09. The number of anilines is 1. The van der Waals surface area contributed by atoms with Crippen molar-refractivity contribution in [3.8, 4) is 0 Å². The second kappa shape index (κ2) is 6.42. The van der Waals surface area contributed by atoms with Crippen molar-refractivity contribution in [3.63, 3.8) is 0 Å². The summed E-state index contributed by atoms with van der Waals surface area (Å²) in [4.78, 5) is 4.61. The monoisotopic (exact) mass is 265 g/mol. The largest absolute Gasteiger partial charge is 0.383 e. The first-order valence-corrected chi connectivity index (χ1v) is 7.45. The summed E-state index contributed by atoms with van der Waals surface area (Å²) in [6.45, 7) is 8.28. The highest BCUT2D eigenvalue weighted by atomic mass is 16.5. The Balaban J connectivity index is 2.11. The molecule has 0 amide bonds. The van der Waals surface area contributed by atoms with Crippen molar-refractivity contribution in [2.45, 2.75) is 46.1 Å². The number of nitrogens with zero attached hydrogens (tertiary/aromatic N) is 2. The van der Waals surface area contributed by atoms with Crippen LogP contribution in [0, 0.1) is 18.8 Å². The number of hydrogen-bond donors (Lipinski definition) is 1. The number of hydrogen-bond acceptors (Lipinski definition) is 3. The van der Waals surface area contributed by atoms with Crippen molar-refractivity contribution in [2.24, 2.45) is 11.8 Å². The average Bonchev–Trinajstić information content (AvgIpc) is 2.93. The van der Waals surface area contributed by atoms with Gasteiger partial charge in [-0.05, 0) is 31.6 Å². The Morgan fingerprint density at radius 3 is 2.89 bits per heavy atom. The molecular weight excluding hydrogens is 238 g/mol. The Morgan fingerprint density at radius 1 is 1.47 bits per heavy atom. The summed E-state index contributed by atoms with van der Waals surface area (Å²) in [5.74, 6) is 2.60. The van der Waals surface area contributed by atoms with Crippen LogP contribution >= 0.6 is 0 Å². The Hall–Kier alpha value is -1.03. The van der Waals surface area contributed by atoms with Gasteiger partial charge in [0.1, 0.15) is 0 Å². The molecule has 0 aromatic carbocycles. The molecule has 1 N–H and O–H groups in total. The third-order valence-electron chi connectivity index (χ3n) is 4.51. The fraction of sp³-hybridized carbons (Fsp3) is 0.800. The molecule has 0 saturated heterocycles. The second-order valence-corrected chi connectivity index (χ2v) is 5.70. The molecule has 1 aromatic rings. The highest BCUT2D eigenvalue weighted by molar-refractivity contribution is 5.30. The van der Waals surface area contributed by atoms with Gasteiger partial charge in [0.05, 0.1) is 12.3 Å². The molecule has 1 fully saturated rings. The van der Waals surface area contributed by atoms with Crippen molar-refractivity contribution in [3.05, 3.63) is 11.9 Å². The molecule has 2 rings (SSSR count). The molecule has 1 aliphatic rings. The number of aromatic nitrogens is 2. The first kappa shape index (κ1) is 14.4. The topological polar surface area (TPSA) is 39.1 Å². The van der Waals surface area contributed by atoms with Crippen LogP contribution in [0.2, 0.25) is 0 Å². The number of imidazole rings is 1. The standard InChI is InChI=1S/C15H27N3O/c1-5-13-6-7-14(12(13)3)18-10-11(2)17-15(18)16-8-9-19-4/h10,12-14H,5-9H2,1-4H3,(H,16,17). The SMILES string of the molecule is CCC1CCC(n2cc(C)nc2NCCOC)C1C. The summed E-state index contributed by atoms with van der Waals surface area (Å²) in [7, 11) is 1.73. The van der Waals surface area contributed by atoms with Crippen molar-refractivity contribution >= 4 is 5.95 Å². The minimum Gasteiger partial charge on any atom is -0.383 e. The van der Waals surface area contributed by atoms with Crippen LogP contribution in [-0.2, 0) is 4.74 Å².